The number of carbonyl (C=O) groups excluding carboxylic acids is 2. The lowest BCUT2D eigenvalue weighted by atomic mass is 10.1. The molecule has 0 bridgehead atoms. The summed E-state index contributed by atoms with van der Waals surface area (Å²) in [5.41, 5.74) is 1.94. The molecule has 0 saturated heterocycles. The zero-order valence-electron chi connectivity index (χ0n) is 13.7. The van der Waals surface area contributed by atoms with E-state index in [1.807, 2.05) is 31.2 Å². The molecular weight excluding hydrogens is 326 g/mol. The number of ether oxygens (including phenoxy) is 1. The van der Waals surface area contributed by atoms with Gasteiger partial charge in [0.2, 0.25) is 0 Å². The number of non-ortho nitro benzene ring substituents is 1. The van der Waals surface area contributed by atoms with E-state index >= 15 is 0 Å². The number of hydrogen-bond acceptors (Lipinski definition) is 5. The minimum atomic E-state index is -0.890. The fraction of sp³-hybridized carbons (Fsp3) is 0.176. The number of nitrogens with one attached hydrogen (secondary N) is 2. The first-order chi connectivity index (χ1) is 11.9. The smallest absolute Gasteiger partial charge is 0.313 e. The van der Waals surface area contributed by atoms with Gasteiger partial charge in [0.25, 0.3) is 5.69 Å². The number of aryl methyl sites for hydroxylation is 1. The van der Waals surface area contributed by atoms with Crippen molar-refractivity contribution in [3.05, 3.63) is 63.7 Å². The van der Waals surface area contributed by atoms with Gasteiger partial charge in [-0.1, -0.05) is 29.8 Å². The highest BCUT2D eigenvalue weighted by molar-refractivity contribution is 6.39. The Balaban J connectivity index is 1.99. The highest BCUT2D eigenvalue weighted by atomic mass is 16.6. The van der Waals surface area contributed by atoms with Gasteiger partial charge in [0.05, 0.1) is 23.8 Å². The minimum Gasteiger partial charge on any atom is -0.494 e. The van der Waals surface area contributed by atoms with Gasteiger partial charge in [0, 0.05) is 12.6 Å². The zero-order valence-corrected chi connectivity index (χ0v) is 13.7. The summed E-state index contributed by atoms with van der Waals surface area (Å²) in [5.74, 6) is -1.62. The van der Waals surface area contributed by atoms with Crippen molar-refractivity contribution in [3.63, 3.8) is 0 Å². The van der Waals surface area contributed by atoms with E-state index in [0.29, 0.717) is 0 Å². The molecule has 2 amide bonds. The van der Waals surface area contributed by atoms with Crippen LogP contribution < -0.4 is 15.4 Å². The Hall–Kier alpha value is -3.42. The molecule has 0 spiro atoms. The molecule has 8 heteroatoms. The number of amides is 2. The Bertz CT molecular complexity index is 802. The summed E-state index contributed by atoms with van der Waals surface area (Å²) in [5, 5.41) is 15.6. The molecule has 0 aromatic heterocycles. The number of hydrogen-bond donors (Lipinski definition) is 2. The maximum Gasteiger partial charge on any atom is 0.313 e. The first kappa shape index (κ1) is 17.9. The van der Waals surface area contributed by atoms with E-state index in [4.69, 9.17) is 4.74 Å². The third-order valence-corrected chi connectivity index (χ3v) is 3.42. The number of nitro benzene ring substituents is 1. The fourth-order valence-electron chi connectivity index (χ4n) is 2.04. The van der Waals surface area contributed by atoms with Crippen molar-refractivity contribution in [2.45, 2.75) is 13.5 Å². The van der Waals surface area contributed by atoms with E-state index in [1.54, 1.807) is 0 Å². The zero-order chi connectivity index (χ0) is 18.4. The molecule has 8 nitrogen and oxygen atoms in total. The van der Waals surface area contributed by atoms with E-state index in [1.165, 1.54) is 25.3 Å². The molecule has 0 fully saturated rings. The SMILES string of the molecule is COc1cc([N+](=O)[O-])ccc1NC(=O)C(=O)NCc1ccc(C)cc1. The number of anilines is 1. The molecule has 0 saturated carbocycles. The Morgan fingerprint density at radius 3 is 2.40 bits per heavy atom. The maximum absolute atomic E-state index is 12.0. The molecule has 2 rings (SSSR count). The quantitative estimate of drug-likeness (QED) is 0.491. The van der Waals surface area contributed by atoms with Crippen LogP contribution in [0, 0.1) is 17.0 Å². The van der Waals surface area contributed by atoms with Crippen molar-refractivity contribution in [2.75, 3.05) is 12.4 Å². The average Bonchev–Trinajstić information content (AvgIpc) is 2.61. The topological polar surface area (TPSA) is 111 Å². The lowest BCUT2D eigenvalue weighted by Crippen LogP contribution is -2.35. The Labute approximate surface area is 144 Å². The number of rotatable bonds is 5. The molecule has 2 aromatic rings. The van der Waals surface area contributed by atoms with Crippen LogP contribution in [0.3, 0.4) is 0 Å². The van der Waals surface area contributed by atoms with Gasteiger partial charge in [-0.2, -0.15) is 0 Å². The highest BCUT2D eigenvalue weighted by Crippen LogP contribution is 2.28. The number of methoxy groups -OCH3 is 1. The predicted octanol–water partition coefficient (Wildman–Crippen LogP) is 2.17. The van der Waals surface area contributed by atoms with E-state index in [9.17, 15) is 19.7 Å². The highest BCUT2D eigenvalue weighted by Gasteiger charge is 2.17. The van der Waals surface area contributed by atoms with Crippen molar-refractivity contribution < 1.29 is 19.2 Å². The molecule has 2 aromatic carbocycles. The molecule has 0 aliphatic heterocycles. The second kappa shape index (κ2) is 7.91. The van der Waals surface area contributed by atoms with Crippen molar-refractivity contribution in [1.29, 1.82) is 0 Å². The largest absolute Gasteiger partial charge is 0.494 e. The molecule has 2 N–H and O–H groups in total. The van der Waals surface area contributed by atoms with Gasteiger partial charge in [-0.15, -0.1) is 0 Å². The average molecular weight is 343 g/mol. The van der Waals surface area contributed by atoms with Crippen LogP contribution >= 0.6 is 0 Å². The fourth-order valence-corrected chi connectivity index (χ4v) is 2.04. The monoisotopic (exact) mass is 343 g/mol. The summed E-state index contributed by atoms with van der Waals surface area (Å²) in [7, 11) is 1.31. The maximum atomic E-state index is 12.0. The third-order valence-electron chi connectivity index (χ3n) is 3.42. The van der Waals surface area contributed by atoms with Crippen molar-refractivity contribution in [2.24, 2.45) is 0 Å². The van der Waals surface area contributed by atoms with Gasteiger partial charge < -0.3 is 15.4 Å². The summed E-state index contributed by atoms with van der Waals surface area (Å²) in [4.78, 5) is 34.0. The Morgan fingerprint density at radius 1 is 1.12 bits per heavy atom. The van der Waals surface area contributed by atoms with Crippen molar-refractivity contribution in [1.82, 2.24) is 5.32 Å². The first-order valence-corrected chi connectivity index (χ1v) is 7.38. The molecule has 130 valence electrons. The van der Waals surface area contributed by atoms with Gasteiger partial charge in [-0.25, -0.2) is 0 Å². The third kappa shape index (κ3) is 4.77. The van der Waals surface area contributed by atoms with Crippen molar-refractivity contribution in [3.8, 4) is 5.75 Å². The summed E-state index contributed by atoms with van der Waals surface area (Å²) in [6, 6.07) is 11.2. The molecule has 0 atom stereocenters. The molecule has 0 aliphatic rings. The van der Waals surface area contributed by atoms with Crippen LogP contribution in [0.2, 0.25) is 0 Å². The lowest BCUT2D eigenvalue weighted by Gasteiger charge is -2.10. The van der Waals surface area contributed by atoms with Crippen LogP contribution in [0.4, 0.5) is 11.4 Å². The van der Waals surface area contributed by atoms with E-state index in [2.05, 4.69) is 10.6 Å². The van der Waals surface area contributed by atoms with Gasteiger partial charge in [-0.05, 0) is 18.6 Å². The summed E-state index contributed by atoms with van der Waals surface area (Å²) >= 11 is 0. The summed E-state index contributed by atoms with van der Waals surface area (Å²) in [6.45, 7) is 2.16. The second-order valence-corrected chi connectivity index (χ2v) is 5.26. The number of benzene rings is 2. The number of nitro groups is 1. The first-order valence-electron chi connectivity index (χ1n) is 7.38. The van der Waals surface area contributed by atoms with Crippen LogP contribution in [-0.2, 0) is 16.1 Å². The summed E-state index contributed by atoms with van der Waals surface area (Å²) < 4.78 is 5.01. The predicted molar refractivity (Wildman–Crippen MR) is 91.3 cm³/mol. The molecule has 0 unspecified atom stereocenters. The van der Waals surface area contributed by atoms with Crippen LogP contribution in [0.15, 0.2) is 42.5 Å². The standard InChI is InChI=1S/C17H17N3O5/c1-11-3-5-12(6-4-11)10-18-16(21)17(22)19-14-8-7-13(20(23)24)9-15(14)25-2/h3-9H,10H2,1-2H3,(H,18,21)(H,19,22). The van der Waals surface area contributed by atoms with Crippen LogP contribution in [0.1, 0.15) is 11.1 Å². The molecule has 0 heterocycles. The van der Waals surface area contributed by atoms with E-state index in [-0.39, 0.29) is 23.7 Å². The molecule has 25 heavy (non-hydrogen) atoms. The lowest BCUT2D eigenvalue weighted by molar-refractivity contribution is -0.384. The van der Waals surface area contributed by atoms with Crippen LogP contribution in [0.25, 0.3) is 0 Å². The van der Waals surface area contributed by atoms with Gasteiger partial charge >= 0.3 is 11.8 Å². The number of nitrogens with zero attached hydrogens (tertiary/aromatic N) is 1. The van der Waals surface area contributed by atoms with E-state index < -0.39 is 16.7 Å². The number of carbonyl (C=O) groups is 2. The van der Waals surface area contributed by atoms with Crippen LogP contribution in [0.5, 0.6) is 5.75 Å². The van der Waals surface area contributed by atoms with E-state index in [0.717, 1.165) is 11.1 Å². The van der Waals surface area contributed by atoms with Gasteiger partial charge in [-0.3, -0.25) is 19.7 Å². The molecule has 0 aliphatic carbocycles. The van der Waals surface area contributed by atoms with Crippen molar-refractivity contribution >= 4 is 23.2 Å². The minimum absolute atomic E-state index is 0.0916. The Kier molecular flexibility index (Phi) is 5.67. The Morgan fingerprint density at radius 2 is 1.80 bits per heavy atom. The van der Waals surface area contributed by atoms with Crippen LogP contribution in [-0.4, -0.2) is 23.8 Å². The molecule has 0 radical (unpaired) electrons. The van der Waals surface area contributed by atoms with Gasteiger partial charge in [0.1, 0.15) is 5.75 Å². The summed E-state index contributed by atoms with van der Waals surface area (Å²) in [6.07, 6.45) is 0. The molecular formula is C17H17N3O5. The normalized spacial score (nSPS) is 10.0. The van der Waals surface area contributed by atoms with Gasteiger partial charge in [0.15, 0.2) is 0 Å². The second-order valence-electron chi connectivity index (χ2n) is 5.26.